The van der Waals surface area contributed by atoms with Crippen molar-refractivity contribution in [1.29, 1.82) is 0 Å². The molecule has 2 aromatic rings. The smallest absolute Gasteiger partial charge is 0.193 e. The van der Waals surface area contributed by atoms with Crippen LogP contribution >= 0.6 is 0 Å². The molecule has 1 aromatic carbocycles. The average Bonchev–Trinajstić information content (AvgIpc) is 2.97. The van der Waals surface area contributed by atoms with Gasteiger partial charge in [-0.2, -0.15) is 5.10 Å². The van der Waals surface area contributed by atoms with Crippen LogP contribution in [0.1, 0.15) is 49.8 Å². The normalized spacial score (nSPS) is 23.9. The summed E-state index contributed by atoms with van der Waals surface area (Å²) in [5.41, 5.74) is 2.21. The number of benzene rings is 1. The highest BCUT2D eigenvalue weighted by molar-refractivity contribution is 6.11. The van der Waals surface area contributed by atoms with Crippen molar-refractivity contribution in [3.05, 3.63) is 47.8 Å². The summed E-state index contributed by atoms with van der Waals surface area (Å²) in [6.07, 6.45) is 1.81. The molecular formula is C21H26N2O2. The van der Waals surface area contributed by atoms with Crippen molar-refractivity contribution in [2.75, 3.05) is 0 Å². The largest absolute Gasteiger partial charge is 0.299 e. The number of rotatable bonds is 4. The Kier molecular flexibility index (Phi) is 4.89. The maximum absolute atomic E-state index is 13.1. The summed E-state index contributed by atoms with van der Waals surface area (Å²) in [5, 5.41) is 4.51. The summed E-state index contributed by atoms with van der Waals surface area (Å²) in [7, 11) is 0. The predicted molar refractivity (Wildman–Crippen MR) is 97.9 cm³/mol. The van der Waals surface area contributed by atoms with Gasteiger partial charge in [-0.3, -0.25) is 9.59 Å². The average molecular weight is 338 g/mol. The molecule has 0 N–H and O–H groups in total. The van der Waals surface area contributed by atoms with Crippen molar-refractivity contribution >= 4 is 11.6 Å². The third-order valence-electron chi connectivity index (χ3n) is 5.40. The molecular weight excluding hydrogens is 312 g/mol. The van der Waals surface area contributed by atoms with E-state index in [1.807, 2.05) is 44.2 Å². The van der Waals surface area contributed by atoms with E-state index < -0.39 is 5.92 Å². The molecule has 0 saturated heterocycles. The van der Waals surface area contributed by atoms with E-state index in [1.165, 1.54) is 0 Å². The molecule has 1 unspecified atom stereocenters. The fourth-order valence-electron chi connectivity index (χ4n) is 3.90. The van der Waals surface area contributed by atoms with Gasteiger partial charge < -0.3 is 0 Å². The van der Waals surface area contributed by atoms with Gasteiger partial charge in [0.05, 0.1) is 11.6 Å². The van der Waals surface area contributed by atoms with Gasteiger partial charge >= 0.3 is 0 Å². The first-order valence-electron chi connectivity index (χ1n) is 9.10. The van der Waals surface area contributed by atoms with Crippen molar-refractivity contribution in [1.82, 2.24) is 9.78 Å². The predicted octanol–water partition coefficient (Wildman–Crippen LogP) is 4.25. The van der Waals surface area contributed by atoms with Gasteiger partial charge in [-0.15, -0.1) is 0 Å². The molecule has 132 valence electrons. The highest BCUT2D eigenvalue weighted by Gasteiger charge is 2.42. The SMILES string of the molecule is Cc1cc(C(=O)C2C(=O)[C@H](C(C)C)CC[C@H]2C)nn1-c1ccccc1. The maximum Gasteiger partial charge on any atom is 0.193 e. The lowest BCUT2D eigenvalue weighted by molar-refractivity contribution is -0.130. The summed E-state index contributed by atoms with van der Waals surface area (Å²) in [5.74, 6) is -0.232. The van der Waals surface area contributed by atoms with Gasteiger partial charge in [-0.25, -0.2) is 4.68 Å². The fourth-order valence-corrected chi connectivity index (χ4v) is 3.90. The molecule has 4 heteroatoms. The number of hydrogen-bond acceptors (Lipinski definition) is 3. The Balaban J connectivity index is 1.91. The van der Waals surface area contributed by atoms with Gasteiger partial charge in [0.1, 0.15) is 11.5 Å². The summed E-state index contributed by atoms with van der Waals surface area (Å²) < 4.78 is 1.77. The summed E-state index contributed by atoms with van der Waals surface area (Å²) in [4.78, 5) is 26.0. The van der Waals surface area contributed by atoms with Crippen LogP contribution in [0.5, 0.6) is 0 Å². The van der Waals surface area contributed by atoms with Crippen molar-refractivity contribution in [3.8, 4) is 5.69 Å². The first-order chi connectivity index (χ1) is 11.9. The molecule has 1 fully saturated rings. The number of carbonyl (C=O) groups excluding carboxylic acids is 2. The number of nitrogens with zero attached hydrogens (tertiary/aromatic N) is 2. The van der Waals surface area contributed by atoms with Crippen LogP contribution in [0.25, 0.3) is 5.69 Å². The second-order valence-corrected chi connectivity index (χ2v) is 7.57. The quantitative estimate of drug-likeness (QED) is 0.618. The number of aromatic nitrogens is 2. The lowest BCUT2D eigenvalue weighted by Gasteiger charge is -2.33. The van der Waals surface area contributed by atoms with E-state index in [-0.39, 0.29) is 29.3 Å². The number of para-hydroxylation sites is 1. The van der Waals surface area contributed by atoms with Crippen LogP contribution in [0, 0.1) is 30.6 Å². The molecule has 1 aliphatic carbocycles. The summed E-state index contributed by atoms with van der Waals surface area (Å²) in [6, 6.07) is 11.5. The van der Waals surface area contributed by atoms with Crippen LogP contribution in [0.2, 0.25) is 0 Å². The van der Waals surface area contributed by atoms with E-state index in [4.69, 9.17) is 0 Å². The van der Waals surface area contributed by atoms with Crippen LogP contribution in [0.4, 0.5) is 0 Å². The molecule has 1 heterocycles. The number of aryl methyl sites for hydroxylation is 1. The van der Waals surface area contributed by atoms with E-state index in [0.29, 0.717) is 5.69 Å². The lowest BCUT2D eigenvalue weighted by atomic mass is 9.68. The maximum atomic E-state index is 13.1. The molecule has 0 amide bonds. The van der Waals surface area contributed by atoms with Gasteiger partial charge in [0.2, 0.25) is 0 Å². The van der Waals surface area contributed by atoms with E-state index in [0.717, 1.165) is 24.2 Å². The monoisotopic (exact) mass is 338 g/mol. The Hall–Kier alpha value is -2.23. The highest BCUT2D eigenvalue weighted by atomic mass is 16.2. The Morgan fingerprint density at radius 1 is 1.20 bits per heavy atom. The second-order valence-electron chi connectivity index (χ2n) is 7.57. The van der Waals surface area contributed by atoms with E-state index in [9.17, 15) is 9.59 Å². The molecule has 0 radical (unpaired) electrons. The van der Waals surface area contributed by atoms with E-state index in [2.05, 4.69) is 18.9 Å². The standard InChI is InChI=1S/C21H26N2O2/c1-13(2)17-11-10-14(3)19(20(17)24)21(25)18-12-15(4)23(22-18)16-8-6-5-7-9-16/h5-9,12-14,17,19H,10-11H2,1-4H3/t14-,17+,19?/m1/s1. The van der Waals surface area contributed by atoms with Gasteiger partial charge in [0, 0.05) is 11.6 Å². The first-order valence-corrected chi connectivity index (χ1v) is 9.10. The van der Waals surface area contributed by atoms with Crippen LogP contribution in [-0.4, -0.2) is 21.3 Å². The highest BCUT2D eigenvalue weighted by Crippen LogP contribution is 2.36. The van der Waals surface area contributed by atoms with Crippen molar-refractivity contribution < 1.29 is 9.59 Å². The first kappa shape index (κ1) is 17.6. The van der Waals surface area contributed by atoms with Gasteiger partial charge in [-0.05, 0) is 49.8 Å². The number of carbonyl (C=O) groups is 2. The molecule has 3 atom stereocenters. The molecule has 25 heavy (non-hydrogen) atoms. The Labute approximate surface area is 149 Å². The van der Waals surface area contributed by atoms with Crippen LogP contribution in [-0.2, 0) is 4.79 Å². The zero-order valence-electron chi connectivity index (χ0n) is 15.4. The Bertz CT molecular complexity index is 776. The minimum absolute atomic E-state index is 0.0116. The van der Waals surface area contributed by atoms with Gasteiger partial charge in [0.15, 0.2) is 5.78 Å². The molecule has 4 nitrogen and oxygen atoms in total. The second kappa shape index (κ2) is 6.95. The lowest BCUT2D eigenvalue weighted by Crippen LogP contribution is -2.41. The fraction of sp³-hybridized carbons (Fsp3) is 0.476. The zero-order valence-corrected chi connectivity index (χ0v) is 15.4. The van der Waals surface area contributed by atoms with Gasteiger partial charge in [0.25, 0.3) is 0 Å². The molecule has 0 bridgehead atoms. The molecule has 0 spiro atoms. The number of Topliss-reactive ketones (excluding diaryl/α,β-unsaturated/α-hetero) is 2. The van der Waals surface area contributed by atoms with Crippen LogP contribution in [0.3, 0.4) is 0 Å². The van der Waals surface area contributed by atoms with Crippen LogP contribution in [0.15, 0.2) is 36.4 Å². The summed E-state index contributed by atoms with van der Waals surface area (Å²) in [6.45, 7) is 8.07. The van der Waals surface area contributed by atoms with Crippen molar-refractivity contribution in [3.63, 3.8) is 0 Å². The van der Waals surface area contributed by atoms with Crippen molar-refractivity contribution in [2.45, 2.75) is 40.5 Å². The molecule has 1 aliphatic rings. The van der Waals surface area contributed by atoms with E-state index in [1.54, 1.807) is 10.7 Å². The third-order valence-corrected chi connectivity index (χ3v) is 5.40. The van der Waals surface area contributed by atoms with E-state index >= 15 is 0 Å². The molecule has 0 aliphatic heterocycles. The third kappa shape index (κ3) is 3.30. The minimum atomic E-state index is -0.556. The van der Waals surface area contributed by atoms with Crippen molar-refractivity contribution in [2.24, 2.45) is 23.7 Å². The van der Waals surface area contributed by atoms with Crippen LogP contribution < -0.4 is 0 Å². The minimum Gasteiger partial charge on any atom is -0.299 e. The number of hydrogen-bond donors (Lipinski definition) is 0. The Morgan fingerprint density at radius 2 is 1.88 bits per heavy atom. The number of ketones is 2. The summed E-state index contributed by atoms with van der Waals surface area (Å²) >= 11 is 0. The zero-order chi connectivity index (χ0) is 18.1. The molecule has 1 saturated carbocycles. The Morgan fingerprint density at radius 3 is 2.52 bits per heavy atom. The molecule has 1 aromatic heterocycles. The molecule has 3 rings (SSSR count). The topological polar surface area (TPSA) is 52.0 Å². The van der Waals surface area contributed by atoms with Gasteiger partial charge in [-0.1, -0.05) is 39.0 Å².